The number of carboxylic acids is 1. The van der Waals surface area contributed by atoms with Gasteiger partial charge in [-0.05, 0) is 37.1 Å². The first-order valence-corrected chi connectivity index (χ1v) is 7.51. The van der Waals surface area contributed by atoms with E-state index < -0.39 is 5.97 Å². The number of piperidine rings is 1. The Labute approximate surface area is 129 Å². The maximum Gasteiger partial charge on any atom is 0.305 e. The van der Waals surface area contributed by atoms with Crippen LogP contribution >= 0.6 is 0 Å². The van der Waals surface area contributed by atoms with Crippen LogP contribution in [0.5, 0.6) is 0 Å². The van der Waals surface area contributed by atoms with Crippen LogP contribution in [-0.4, -0.2) is 41.5 Å². The van der Waals surface area contributed by atoms with Gasteiger partial charge in [-0.1, -0.05) is 12.1 Å². The molecule has 1 aliphatic heterocycles. The van der Waals surface area contributed by atoms with Crippen LogP contribution in [0.1, 0.15) is 24.8 Å². The maximum absolute atomic E-state index is 13.2. The Hall–Kier alpha value is -1.95. The van der Waals surface area contributed by atoms with Crippen LogP contribution in [-0.2, 0) is 16.1 Å². The van der Waals surface area contributed by atoms with Gasteiger partial charge in [0.1, 0.15) is 5.82 Å². The molecule has 0 radical (unpaired) electrons. The molecule has 1 aromatic rings. The molecule has 1 saturated heterocycles. The van der Waals surface area contributed by atoms with Crippen molar-refractivity contribution in [2.24, 2.45) is 5.92 Å². The van der Waals surface area contributed by atoms with Crippen LogP contribution in [0.25, 0.3) is 0 Å². The molecule has 2 N–H and O–H groups in total. The van der Waals surface area contributed by atoms with Crippen LogP contribution in [0.3, 0.4) is 0 Å². The van der Waals surface area contributed by atoms with E-state index in [9.17, 15) is 14.0 Å². The van der Waals surface area contributed by atoms with Crippen LogP contribution in [0.15, 0.2) is 24.3 Å². The van der Waals surface area contributed by atoms with Gasteiger partial charge < -0.3 is 10.4 Å². The molecular formula is C16H21FN2O3. The van der Waals surface area contributed by atoms with Gasteiger partial charge in [0.25, 0.3) is 0 Å². The molecule has 1 heterocycles. The second-order valence-electron chi connectivity index (χ2n) is 5.64. The minimum Gasteiger partial charge on any atom is -0.481 e. The molecule has 1 atom stereocenters. The summed E-state index contributed by atoms with van der Waals surface area (Å²) >= 11 is 0. The Balaban J connectivity index is 1.83. The van der Waals surface area contributed by atoms with Crippen molar-refractivity contribution in [2.75, 3.05) is 19.6 Å². The van der Waals surface area contributed by atoms with E-state index in [1.54, 1.807) is 6.07 Å². The van der Waals surface area contributed by atoms with Crippen molar-refractivity contribution in [3.8, 4) is 0 Å². The summed E-state index contributed by atoms with van der Waals surface area (Å²) in [7, 11) is 0. The van der Waals surface area contributed by atoms with Crippen LogP contribution in [0.4, 0.5) is 4.39 Å². The average Bonchev–Trinajstić information content (AvgIpc) is 2.47. The monoisotopic (exact) mass is 308 g/mol. The molecule has 0 spiro atoms. The summed E-state index contributed by atoms with van der Waals surface area (Å²) in [5.74, 6) is -1.39. The molecule has 22 heavy (non-hydrogen) atoms. The lowest BCUT2D eigenvalue weighted by atomic mass is 9.96. The molecule has 1 fully saturated rings. The fourth-order valence-electron chi connectivity index (χ4n) is 2.74. The van der Waals surface area contributed by atoms with E-state index in [1.165, 1.54) is 12.1 Å². The third-order valence-electron chi connectivity index (χ3n) is 3.81. The van der Waals surface area contributed by atoms with Crippen LogP contribution in [0.2, 0.25) is 0 Å². The molecule has 2 rings (SSSR count). The SMILES string of the molecule is O=C(O)CCNC(=O)C1CCCN(Cc2cccc(F)c2)C1. The third kappa shape index (κ3) is 5.11. The molecule has 0 saturated carbocycles. The van der Waals surface area contributed by atoms with Crippen LogP contribution < -0.4 is 5.32 Å². The molecule has 120 valence electrons. The highest BCUT2D eigenvalue weighted by Crippen LogP contribution is 2.19. The molecule has 5 nitrogen and oxygen atoms in total. The number of halogens is 1. The second-order valence-corrected chi connectivity index (χ2v) is 5.64. The fourth-order valence-corrected chi connectivity index (χ4v) is 2.74. The number of carbonyl (C=O) groups excluding carboxylic acids is 1. The van der Waals surface area contributed by atoms with E-state index in [1.807, 2.05) is 6.07 Å². The lowest BCUT2D eigenvalue weighted by molar-refractivity contribution is -0.137. The van der Waals surface area contributed by atoms with E-state index in [0.29, 0.717) is 13.1 Å². The maximum atomic E-state index is 13.2. The molecule has 0 aromatic heterocycles. The van der Waals surface area contributed by atoms with Crippen molar-refractivity contribution >= 4 is 11.9 Å². The van der Waals surface area contributed by atoms with Crippen molar-refractivity contribution in [3.05, 3.63) is 35.6 Å². The fraction of sp³-hybridized carbons (Fsp3) is 0.500. The largest absolute Gasteiger partial charge is 0.481 e. The zero-order valence-electron chi connectivity index (χ0n) is 12.4. The van der Waals surface area contributed by atoms with Gasteiger partial charge in [-0.3, -0.25) is 14.5 Å². The highest BCUT2D eigenvalue weighted by molar-refractivity contribution is 5.79. The first-order valence-electron chi connectivity index (χ1n) is 7.51. The summed E-state index contributed by atoms with van der Waals surface area (Å²) < 4.78 is 13.2. The molecule has 1 aromatic carbocycles. The number of hydrogen-bond donors (Lipinski definition) is 2. The van der Waals surface area contributed by atoms with Gasteiger partial charge in [-0.15, -0.1) is 0 Å². The highest BCUT2D eigenvalue weighted by Gasteiger charge is 2.25. The summed E-state index contributed by atoms with van der Waals surface area (Å²) in [6, 6.07) is 6.49. The van der Waals surface area contributed by atoms with Gasteiger partial charge in [0.05, 0.1) is 12.3 Å². The zero-order valence-corrected chi connectivity index (χ0v) is 12.4. The van der Waals surface area contributed by atoms with E-state index in [4.69, 9.17) is 5.11 Å². The Morgan fingerprint density at radius 3 is 2.95 bits per heavy atom. The number of likely N-dealkylation sites (tertiary alicyclic amines) is 1. The first kappa shape index (κ1) is 16.4. The van der Waals surface area contributed by atoms with Gasteiger partial charge in [0.2, 0.25) is 5.91 Å². The standard InChI is InChI=1S/C16H21FN2O3/c17-14-5-1-3-12(9-14)10-19-8-2-4-13(11-19)16(22)18-7-6-15(20)21/h1,3,5,9,13H,2,4,6-8,10-11H2,(H,18,22)(H,20,21). The highest BCUT2D eigenvalue weighted by atomic mass is 19.1. The smallest absolute Gasteiger partial charge is 0.305 e. The summed E-state index contributed by atoms with van der Waals surface area (Å²) in [4.78, 5) is 24.6. The van der Waals surface area contributed by atoms with Gasteiger partial charge in [-0.2, -0.15) is 0 Å². The van der Waals surface area contributed by atoms with E-state index in [2.05, 4.69) is 10.2 Å². The number of carbonyl (C=O) groups is 2. The number of rotatable bonds is 6. The van der Waals surface area contributed by atoms with E-state index in [-0.39, 0.29) is 30.6 Å². The van der Waals surface area contributed by atoms with Gasteiger partial charge in [-0.25, -0.2) is 4.39 Å². The lowest BCUT2D eigenvalue weighted by Gasteiger charge is -2.32. The Morgan fingerprint density at radius 2 is 2.23 bits per heavy atom. The molecule has 0 aliphatic carbocycles. The Bertz CT molecular complexity index is 536. The van der Waals surface area contributed by atoms with Gasteiger partial charge in [0, 0.05) is 19.6 Å². The first-order chi connectivity index (χ1) is 10.5. The van der Waals surface area contributed by atoms with E-state index in [0.717, 1.165) is 24.9 Å². The molecule has 1 aliphatic rings. The number of nitrogens with one attached hydrogen (secondary N) is 1. The quantitative estimate of drug-likeness (QED) is 0.838. The molecule has 1 unspecified atom stereocenters. The van der Waals surface area contributed by atoms with Crippen molar-refractivity contribution in [2.45, 2.75) is 25.8 Å². The number of hydrogen-bond acceptors (Lipinski definition) is 3. The number of carboxylic acid groups (broad SMARTS) is 1. The molecule has 0 bridgehead atoms. The Morgan fingerprint density at radius 1 is 1.41 bits per heavy atom. The second kappa shape index (κ2) is 7.89. The normalized spacial score (nSPS) is 18.9. The topological polar surface area (TPSA) is 69.6 Å². The zero-order chi connectivity index (χ0) is 15.9. The summed E-state index contributed by atoms with van der Waals surface area (Å²) in [6.07, 6.45) is 1.65. The average molecular weight is 308 g/mol. The summed E-state index contributed by atoms with van der Waals surface area (Å²) in [5, 5.41) is 11.2. The van der Waals surface area contributed by atoms with Crippen molar-refractivity contribution in [1.82, 2.24) is 10.2 Å². The predicted octanol–water partition coefficient (Wildman–Crippen LogP) is 1.63. The minimum absolute atomic E-state index is 0.0640. The minimum atomic E-state index is -0.920. The van der Waals surface area contributed by atoms with Crippen LogP contribution in [0, 0.1) is 11.7 Å². The predicted molar refractivity (Wildman–Crippen MR) is 79.7 cm³/mol. The molecular weight excluding hydrogens is 287 g/mol. The van der Waals surface area contributed by atoms with Gasteiger partial charge in [0.15, 0.2) is 0 Å². The molecule has 1 amide bonds. The van der Waals surface area contributed by atoms with E-state index >= 15 is 0 Å². The Kier molecular flexibility index (Phi) is 5.89. The lowest BCUT2D eigenvalue weighted by Crippen LogP contribution is -2.43. The van der Waals surface area contributed by atoms with Crippen molar-refractivity contribution in [3.63, 3.8) is 0 Å². The number of aliphatic carboxylic acids is 1. The number of nitrogens with zero attached hydrogens (tertiary/aromatic N) is 1. The summed E-state index contributed by atoms with van der Waals surface area (Å²) in [6.45, 7) is 2.29. The third-order valence-corrected chi connectivity index (χ3v) is 3.81. The number of amides is 1. The molecule has 6 heteroatoms. The van der Waals surface area contributed by atoms with Gasteiger partial charge >= 0.3 is 5.97 Å². The van der Waals surface area contributed by atoms with Crippen molar-refractivity contribution in [1.29, 1.82) is 0 Å². The summed E-state index contributed by atoms with van der Waals surface area (Å²) in [5.41, 5.74) is 0.895. The number of benzene rings is 1. The van der Waals surface area contributed by atoms with Crippen molar-refractivity contribution < 1.29 is 19.1 Å².